The summed E-state index contributed by atoms with van der Waals surface area (Å²) in [6, 6.07) is 30.8. The maximum atomic E-state index is 13.5. The van der Waals surface area contributed by atoms with E-state index in [4.69, 9.17) is 4.74 Å². The van der Waals surface area contributed by atoms with Crippen LogP contribution in [0.4, 0.5) is 0 Å². The summed E-state index contributed by atoms with van der Waals surface area (Å²) in [5, 5.41) is 5.96. The molecule has 0 aromatic heterocycles. The first-order valence-electron chi connectivity index (χ1n) is 14.9. The first kappa shape index (κ1) is 28.0. The predicted octanol–water partition coefficient (Wildman–Crippen LogP) is 6.81. The number of sulfonamides is 1. The van der Waals surface area contributed by atoms with Crippen molar-refractivity contribution >= 4 is 20.8 Å². The molecular formula is C35H40N2O3S. The first-order chi connectivity index (χ1) is 20.0. The zero-order valence-electron chi connectivity index (χ0n) is 23.8. The lowest BCUT2D eigenvalue weighted by molar-refractivity contribution is 0.174. The summed E-state index contributed by atoms with van der Waals surface area (Å²) in [4.78, 5) is 0.332. The zero-order valence-corrected chi connectivity index (χ0v) is 24.6. The van der Waals surface area contributed by atoms with Gasteiger partial charge in [-0.3, -0.25) is 0 Å². The van der Waals surface area contributed by atoms with Crippen LogP contribution in [0.5, 0.6) is 5.75 Å². The predicted molar refractivity (Wildman–Crippen MR) is 166 cm³/mol. The van der Waals surface area contributed by atoms with E-state index in [2.05, 4.69) is 58.6 Å². The van der Waals surface area contributed by atoms with Crippen molar-refractivity contribution in [1.82, 2.24) is 10.0 Å². The van der Waals surface area contributed by atoms with Crippen LogP contribution < -0.4 is 14.8 Å². The first-order valence-corrected chi connectivity index (χ1v) is 16.4. The quantitative estimate of drug-likeness (QED) is 0.233. The fourth-order valence-corrected chi connectivity index (χ4v) is 8.14. The molecule has 214 valence electrons. The third kappa shape index (κ3) is 6.06. The van der Waals surface area contributed by atoms with Gasteiger partial charge >= 0.3 is 0 Å². The van der Waals surface area contributed by atoms with Crippen molar-refractivity contribution in [3.05, 3.63) is 108 Å². The van der Waals surface area contributed by atoms with Gasteiger partial charge in [0.05, 0.1) is 12.0 Å². The number of fused-ring (bicyclic) bond motifs is 2. The van der Waals surface area contributed by atoms with Gasteiger partial charge in [-0.25, -0.2) is 13.1 Å². The number of benzene rings is 4. The van der Waals surface area contributed by atoms with E-state index in [0.29, 0.717) is 11.4 Å². The zero-order chi connectivity index (χ0) is 28.3. The number of hydrogen-bond acceptors (Lipinski definition) is 4. The summed E-state index contributed by atoms with van der Waals surface area (Å²) in [6.45, 7) is 1.25. The average Bonchev–Trinajstić information content (AvgIpc) is 3.03. The molecule has 0 heterocycles. The van der Waals surface area contributed by atoms with Crippen molar-refractivity contribution in [3.8, 4) is 5.75 Å². The van der Waals surface area contributed by atoms with Gasteiger partial charge in [0, 0.05) is 25.0 Å². The molecule has 4 aromatic carbocycles. The molecule has 41 heavy (non-hydrogen) atoms. The lowest BCUT2D eigenvalue weighted by Crippen LogP contribution is -2.49. The van der Waals surface area contributed by atoms with E-state index in [9.17, 15) is 8.42 Å². The van der Waals surface area contributed by atoms with E-state index in [-0.39, 0.29) is 17.4 Å². The van der Waals surface area contributed by atoms with Crippen LogP contribution in [0.3, 0.4) is 0 Å². The van der Waals surface area contributed by atoms with Gasteiger partial charge < -0.3 is 10.1 Å². The van der Waals surface area contributed by atoms with Crippen molar-refractivity contribution in [3.63, 3.8) is 0 Å². The van der Waals surface area contributed by atoms with Crippen molar-refractivity contribution < 1.29 is 13.2 Å². The third-order valence-corrected chi connectivity index (χ3v) is 10.7. The fraction of sp³-hybridized carbons (Fsp3) is 0.371. The van der Waals surface area contributed by atoms with Crippen LogP contribution in [0.1, 0.15) is 61.1 Å². The van der Waals surface area contributed by atoms with Crippen molar-refractivity contribution in [1.29, 1.82) is 0 Å². The maximum absolute atomic E-state index is 13.5. The minimum absolute atomic E-state index is 0.108. The molecule has 0 spiro atoms. The van der Waals surface area contributed by atoms with Crippen LogP contribution in [-0.2, 0) is 16.4 Å². The molecule has 2 aliphatic carbocycles. The van der Waals surface area contributed by atoms with Gasteiger partial charge in [-0.05, 0) is 82.8 Å². The molecule has 0 bridgehead atoms. The Bertz CT molecular complexity index is 1600. The molecular weight excluding hydrogens is 528 g/mol. The number of nitrogens with one attached hydrogen (secondary N) is 2. The highest BCUT2D eigenvalue weighted by atomic mass is 32.2. The lowest BCUT2D eigenvalue weighted by atomic mass is 9.72. The molecule has 0 amide bonds. The number of rotatable bonds is 9. The number of ether oxygens (including phenoxy) is 1. The van der Waals surface area contributed by atoms with E-state index in [1.54, 1.807) is 19.2 Å². The molecule has 5 nitrogen and oxygen atoms in total. The van der Waals surface area contributed by atoms with Crippen molar-refractivity contribution in [2.45, 2.75) is 61.8 Å². The van der Waals surface area contributed by atoms with Gasteiger partial charge in [0.2, 0.25) is 10.0 Å². The Balaban J connectivity index is 1.22. The Morgan fingerprint density at radius 1 is 0.829 bits per heavy atom. The van der Waals surface area contributed by atoms with Crippen molar-refractivity contribution in [2.75, 3.05) is 20.2 Å². The third-order valence-electron chi connectivity index (χ3n) is 9.29. The summed E-state index contributed by atoms with van der Waals surface area (Å²) in [5.41, 5.74) is 3.91. The topological polar surface area (TPSA) is 67.4 Å². The second-order valence-corrected chi connectivity index (χ2v) is 13.6. The van der Waals surface area contributed by atoms with Gasteiger partial charge in [0.25, 0.3) is 0 Å². The summed E-state index contributed by atoms with van der Waals surface area (Å²) >= 11 is 0. The number of aryl methyl sites for hydroxylation is 1. The molecule has 0 aliphatic heterocycles. The van der Waals surface area contributed by atoms with E-state index in [1.807, 2.05) is 30.3 Å². The summed E-state index contributed by atoms with van der Waals surface area (Å²) in [7, 11) is -1.90. The van der Waals surface area contributed by atoms with E-state index in [0.717, 1.165) is 61.6 Å². The second-order valence-electron chi connectivity index (χ2n) is 11.9. The molecule has 6 rings (SSSR count). The highest BCUT2D eigenvalue weighted by molar-refractivity contribution is 7.89. The minimum atomic E-state index is -3.62. The second kappa shape index (κ2) is 12.0. The highest BCUT2D eigenvalue weighted by Gasteiger charge is 2.37. The van der Waals surface area contributed by atoms with Gasteiger partial charge in [0.1, 0.15) is 5.75 Å². The van der Waals surface area contributed by atoms with Crippen molar-refractivity contribution in [2.24, 2.45) is 5.41 Å². The SMILES string of the molecule is COc1ccc2c(c1)CCC(NCC1(CNS(=O)(=O)c3ccc4ccccc4c3)CCCCC1)C2c1ccccc1. The van der Waals surface area contributed by atoms with Gasteiger partial charge in [-0.15, -0.1) is 0 Å². The Morgan fingerprint density at radius 2 is 1.59 bits per heavy atom. The van der Waals surface area contributed by atoms with E-state index < -0.39 is 10.0 Å². The van der Waals surface area contributed by atoms with Crippen LogP contribution in [0.15, 0.2) is 95.9 Å². The highest BCUT2D eigenvalue weighted by Crippen LogP contribution is 2.40. The normalized spacial score (nSPS) is 20.4. The Kier molecular flexibility index (Phi) is 8.16. The maximum Gasteiger partial charge on any atom is 0.240 e. The van der Waals surface area contributed by atoms with Crippen LogP contribution in [0, 0.1) is 5.41 Å². The molecule has 1 saturated carbocycles. The molecule has 4 aromatic rings. The van der Waals surface area contributed by atoms with Crippen LogP contribution in [0.25, 0.3) is 10.8 Å². The minimum Gasteiger partial charge on any atom is -0.497 e. The smallest absolute Gasteiger partial charge is 0.240 e. The molecule has 2 aliphatic rings. The summed E-state index contributed by atoms with van der Waals surface area (Å²) < 4.78 is 35.5. The average molecular weight is 569 g/mol. The molecule has 2 unspecified atom stereocenters. The molecule has 2 N–H and O–H groups in total. The molecule has 1 fully saturated rings. The van der Waals surface area contributed by atoms with E-state index >= 15 is 0 Å². The Hall–Kier alpha value is -3.19. The molecule has 0 saturated heterocycles. The standard InChI is InChI=1S/C35H40N2O3S/c1-40-30-16-18-32-29(22-30)15-19-33(34(32)27-11-4-2-5-12-27)36-24-35(20-8-3-9-21-35)25-37-41(38,39)31-17-14-26-10-6-7-13-28(26)23-31/h2,4-7,10-14,16-18,22-23,33-34,36-37H,3,8-9,15,19-21,24-25H2,1H3. The molecule has 2 atom stereocenters. The van der Waals surface area contributed by atoms with Gasteiger partial charge in [-0.2, -0.15) is 0 Å². The van der Waals surface area contributed by atoms with Crippen LogP contribution in [-0.4, -0.2) is 34.7 Å². The summed E-state index contributed by atoms with van der Waals surface area (Å²) in [5.74, 6) is 1.14. The number of methoxy groups -OCH3 is 1. The fourth-order valence-electron chi connectivity index (χ4n) is 6.95. The van der Waals surface area contributed by atoms with Gasteiger partial charge in [-0.1, -0.05) is 86.0 Å². The Labute approximate surface area is 244 Å². The lowest BCUT2D eigenvalue weighted by Gasteiger charge is -2.41. The molecule has 6 heteroatoms. The summed E-state index contributed by atoms with van der Waals surface area (Å²) in [6.07, 6.45) is 7.55. The Morgan fingerprint density at radius 3 is 2.37 bits per heavy atom. The van der Waals surface area contributed by atoms with E-state index in [1.165, 1.54) is 23.1 Å². The van der Waals surface area contributed by atoms with Crippen LogP contribution in [0.2, 0.25) is 0 Å². The van der Waals surface area contributed by atoms with Crippen LogP contribution >= 0.6 is 0 Å². The monoisotopic (exact) mass is 568 g/mol. The van der Waals surface area contributed by atoms with Gasteiger partial charge in [0.15, 0.2) is 0 Å². The number of hydrogen-bond donors (Lipinski definition) is 2. The molecule has 0 radical (unpaired) electrons. The largest absolute Gasteiger partial charge is 0.497 e.